The lowest BCUT2D eigenvalue weighted by Gasteiger charge is -2.36. The van der Waals surface area contributed by atoms with E-state index in [0.29, 0.717) is 5.56 Å². The van der Waals surface area contributed by atoms with Crippen LogP contribution in [0.15, 0.2) is 55.0 Å². The van der Waals surface area contributed by atoms with Gasteiger partial charge in [-0.05, 0) is 56.5 Å². The minimum absolute atomic E-state index is 0.0904. The quantitative estimate of drug-likeness (QED) is 0.727. The lowest BCUT2D eigenvalue weighted by Crippen LogP contribution is -2.45. The van der Waals surface area contributed by atoms with Gasteiger partial charge in [-0.15, -0.1) is 0 Å². The van der Waals surface area contributed by atoms with Crippen molar-refractivity contribution in [3.05, 3.63) is 66.2 Å². The fourth-order valence-electron chi connectivity index (χ4n) is 3.59. The van der Waals surface area contributed by atoms with Crippen LogP contribution in [0, 0.1) is 6.92 Å². The Morgan fingerprint density at radius 2 is 2.12 bits per heavy atom. The van der Waals surface area contributed by atoms with E-state index in [1.807, 2.05) is 70.0 Å². The number of carbonyl (C=O) groups is 1. The topological polar surface area (TPSA) is 56.0 Å². The Morgan fingerprint density at radius 1 is 1.19 bits per heavy atom. The molecule has 0 aliphatic carbocycles. The van der Waals surface area contributed by atoms with Crippen LogP contribution in [-0.4, -0.2) is 43.0 Å². The highest BCUT2D eigenvalue weighted by molar-refractivity contribution is 5.95. The molecular weight excluding hydrogens is 326 g/mol. The number of benzene rings is 1. The van der Waals surface area contributed by atoms with Gasteiger partial charge in [-0.1, -0.05) is 6.07 Å². The van der Waals surface area contributed by atoms with Gasteiger partial charge in [-0.25, -0.2) is 4.68 Å². The number of piperidine rings is 1. The largest absolute Gasteiger partial charge is 0.334 e. The molecule has 3 aromatic rings. The van der Waals surface area contributed by atoms with Gasteiger partial charge in [0.1, 0.15) is 0 Å². The number of aryl methyl sites for hydroxylation is 1. The Kier molecular flexibility index (Phi) is 4.56. The van der Waals surface area contributed by atoms with Crippen LogP contribution in [0.25, 0.3) is 5.69 Å². The maximum absolute atomic E-state index is 13.2. The van der Waals surface area contributed by atoms with Crippen LogP contribution in [0.5, 0.6) is 0 Å². The second kappa shape index (κ2) is 7.15. The number of likely N-dealkylation sites (tertiary alicyclic amines) is 1. The molecule has 134 valence electrons. The van der Waals surface area contributed by atoms with E-state index in [1.165, 1.54) is 0 Å². The molecule has 0 N–H and O–H groups in total. The number of amides is 1. The first kappa shape index (κ1) is 16.6. The highest BCUT2D eigenvalue weighted by atomic mass is 16.2. The second-order valence-corrected chi connectivity index (χ2v) is 6.83. The van der Waals surface area contributed by atoms with E-state index in [9.17, 15) is 4.79 Å². The summed E-state index contributed by atoms with van der Waals surface area (Å²) in [4.78, 5) is 15.2. The van der Waals surface area contributed by atoms with Gasteiger partial charge < -0.3 is 4.90 Å². The average Bonchev–Trinajstić information content (AvgIpc) is 3.33. The van der Waals surface area contributed by atoms with E-state index in [1.54, 1.807) is 6.20 Å². The molecule has 1 amide bonds. The summed E-state index contributed by atoms with van der Waals surface area (Å²) in [5, 5.41) is 8.74. The molecule has 1 aliphatic rings. The van der Waals surface area contributed by atoms with E-state index in [-0.39, 0.29) is 11.9 Å². The number of hydrogen-bond acceptors (Lipinski definition) is 3. The maximum Gasteiger partial charge on any atom is 0.254 e. The molecule has 0 spiro atoms. The predicted molar refractivity (Wildman–Crippen MR) is 99.2 cm³/mol. The zero-order chi connectivity index (χ0) is 17.9. The molecule has 3 heterocycles. The van der Waals surface area contributed by atoms with Crippen molar-refractivity contribution in [2.75, 3.05) is 6.54 Å². The van der Waals surface area contributed by atoms with Crippen LogP contribution in [-0.2, 0) is 6.54 Å². The number of hydrogen-bond donors (Lipinski definition) is 0. The fraction of sp³-hybridized carbons (Fsp3) is 0.350. The van der Waals surface area contributed by atoms with Gasteiger partial charge in [0.2, 0.25) is 0 Å². The van der Waals surface area contributed by atoms with E-state index in [4.69, 9.17) is 0 Å². The van der Waals surface area contributed by atoms with Crippen molar-refractivity contribution >= 4 is 5.91 Å². The predicted octanol–water partition coefficient (Wildman–Crippen LogP) is 3.07. The van der Waals surface area contributed by atoms with Crippen molar-refractivity contribution in [1.82, 2.24) is 24.5 Å². The molecule has 4 rings (SSSR count). The zero-order valence-corrected chi connectivity index (χ0v) is 15.0. The van der Waals surface area contributed by atoms with Gasteiger partial charge in [0.25, 0.3) is 5.91 Å². The van der Waals surface area contributed by atoms with Crippen molar-refractivity contribution < 1.29 is 4.79 Å². The first-order valence-corrected chi connectivity index (χ1v) is 9.12. The van der Waals surface area contributed by atoms with Crippen molar-refractivity contribution in [3.8, 4) is 5.69 Å². The van der Waals surface area contributed by atoms with Gasteiger partial charge in [0.05, 0.1) is 24.0 Å². The fourth-order valence-corrected chi connectivity index (χ4v) is 3.59. The maximum atomic E-state index is 13.2. The molecule has 1 aromatic carbocycles. The normalized spacial score (nSPS) is 17.4. The van der Waals surface area contributed by atoms with Gasteiger partial charge >= 0.3 is 0 Å². The summed E-state index contributed by atoms with van der Waals surface area (Å²) in [5.74, 6) is 0.0904. The number of rotatable bonds is 4. The minimum Gasteiger partial charge on any atom is -0.334 e. The van der Waals surface area contributed by atoms with E-state index in [2.05, 4.69) is 10.2 Å². The average molecular weight is 349 g/mol. The van der Waals surface area contributed by atoms with E-state index < -0.39 is 0 Å². The Morgan fingerprint density at radius 3 is 2.88 bits per heavy atom. The summed E-state index contributed by atoms with van der Waals surface area (Å²) in [5.41, 5.74) is 2.57. The van der Waals surface area contributed by atoms with Crippen LogP contribution in [0.4, 0.5) is 0 Å². The van der Waals surface area contributed by atoms with E-state index in [0.717, 1.165) is 43.7 Å². The van der Waals surface area contributed by atoms with Gasteiger partial charge in [-0.3, -0.25) is 9.48 Å². The standard InChI is InChI=1S/C20H23N5O/c1-16-9-13-25(22-16)18-8-4-6-17(14-18)20(26)24-12-3-2-7-19(24)15-23-11-5-10-21-23/h4-6,8-11,13-14,19H,2-3,7,12,15H2,1H3/t19-/m0/s1. The third kappa shape index (κ3) is 3.40. The first-order valence-electron chi connectivity index (χ1n) is 9.12. The highest BCUT2D eigenvalue weighted by Gasteiger charge is 2.28. The molecule has 0 unspecified atom stereocenters. The molecule has 1 fully saturated rings. The summed E-state index contributed by atoms with van der Waals surface area (Å²) >= 11 is 0. The summed E-state index contributed by atoms with van der Waals surface area (Å²) in [6, 6.07) is 11.8. The molecule has 0 bridgehead atoms. The lowest BCUT2D eigenvalue weighted by molar-refractivity contribution is 0.0584. The number of aromatic nitrogens is 4. The molecule has 1 saturated heterocycles. The SMILES string of the molecule is Cc1ccn(-c2cccc(C(=O)N3CCCC[C@H]3Cn3cccn3)c2)n1. The second-order valence-electron chi connectivity index (χ2n) is 6.83. The van der Waals surface area contributed by atoms with Crippen molar-refractivity contribution in [2.24, 2.45) is 0 Å². The molecule has 1 aliphatic heterocycles. The summed E-state index contributed by atoms with van der Waals surface area (Å²) in [7, 11) is 0. The lowest BCUT2D eigenvalue weighted by atomic mass is 10.0. The zero-order valence-electron chi connectivity index (χ0n) is 15.0. The Balaban J connectivity index is 1.57. The summed E-state index contributed by atoms with van der Waals surface area (Å²) in [6.07, 6.45) is 8.88. The molecule has 6 nitrogen and oxygen atoms in total. The number of nitrogens with zero attached hydrogens (tertiary/aromatic N) is 5. The molecule has 6 heteroatoms. The third-order valence-electron chi connectivity index (χ3n) is 4.93. The van der Waals surface area contributed by atoms with Crippen molar-refractivity contribution in [1.29, 1.82) is 0 Å². The molecule has 2 aromatic heterocycles. The van der Waals surface area contributed by atoms with Gasteiger partial charge in [0, 0.05) is 30.7 Å². The van der Waals surface area contributed by atoms with Crippen molar-refractivity contribution in [2.45, 2.75) is 38.8 Å². The first-order chi connectivity index (χ1) is 12.7. The Hall–Kier alpha value is -2.89. The molecule has 26 heavy (non-hydrogen) atoms. The summed E-state index contributed by atoms with van der Waals surface area (Å²) in [6.45, 7) is 3.51. The highest BCUT2D eigenvalue weighted by Crippen LogP contribution is 2.22. The van der Waals surface area contributed by atoms with E-state index >= 15 is 0 Å². The molecular formula is C20H23N5O. The van der Waals surface area contributed by atoms with Crippen LogP contribution >= 0.6 is 0 Å². The van der Waals surface area contributed by atoms with Crippen LogP contribution in [0.3, 0.4) is 0 Å². The molecule has 0 radical (unpaired) electrons. The molecule has 1 atom stereocenters. The minimum atomic E-state index is 0.0904. The number of carbonyl (C=O) groups excluding carboxylic acids is 1. The van der Waals surface area contributed by atoms with Crippen LogP contribution in [0.1, 0.15) is 35.3 Å². The monoisotopic (exact) mass is 349 g/mol. The van der Waals surface area contributed by atoms with Crippen LogP contribution < -0.4 is 0 Å². The molecule has 0 saturated carbocycles. The Labute approximate surface area is 153 Å². The van der Waals surface area contributed by atoms with Crippen molar-refractivity contribution in [3.63, 3.8) is 0 Å². The van der Waals surface area contributed by atoms with Gasteiger partial charge in [-0.2, -0.15) is 10.2 Å². The Bertz CT molecular complexity index is 883. The van der Waals surface area contributed by atoms with Gasteiger partial charge in [0.15, 0.2) is 0 Å². The third-order valence-corrected chi connectivity index (χ3v) is 4.93. The smallest absolute Gasteiger partial charge is 0.254 e. The van der Waals surface area contributed by atoms with Crippen LogP contribution in [0.2, 0.25) is 0 Å². The summed E-state index contributed by atoms with van der Waals surface area (Å²) < 4.78 is 3.72.